The van der Waals surface area contributed by atoms with E-state index in [1.165, 1.54) is 11.1 Å². The van der Waals surface area contributed by atoms with Crippen LogP contribution >= 0.6 is 11.8 Å². The van der Waals surface area contributed by atoms with Gasteiger partial charge in [0.15, 0.2) is 0 Å². The number of nitrogens with one attached hydrogen (secondary N) is 1. The number of benzene rings is 2. The van der Waals surface area contributed by atoms with Gasteiger partial charge < -0.3 is 10.1 Å². The van der Waals surface area contributed by atoms with E-state index in [1.54, 1.807) is 0 Å². The molecule has 1 N–H and O–H groups in total. The van der Waals surface area contributed by atoms with E-state index in [9.17, 15) is 4.79 Å². The zero-order valence-corrected chi connectivity index (χ0v) is 16.1. The van der Waals surface area contributed by atoms with E-state index in [0.717, 1.165) is 52.5 Å². The van der Waals surface area contributed by atoms with Gasteiger partial charge in [0.1, 0.15) is 11.4 Å². The molecule has 0 aliphatic carbocycles. The van der Waals surface area contributed by atoms with Crippen LogP contribution in [0.25, 0.3) is 0 Å². The Hall–Kier alpha value is -1.94. The van der Waals surface area contributed by atoms with Gasteiger partial charge in [0.05, 0.1) is 0 Å². The Morgan fingerprint density at radius 1 is 1.16 bits per heavy atom. The molecule has 2 aromatic carbocycles. The maximum Gasteiger partial charge on any atom is 0.211 e. The third-order valence-corrected chi connectivity index (χ3v) is 6.35. The summed E-state index contributed by atoms with van der Waals surface area (Å²) < 4.78 is 6.42. The molecule has 1 atom stereocenters. The van der Waals surface area contributed by atoms with Crippen molar-refractivity contribution >= 4 is 23.9 Å². The van der Waals surface area contributed by atoms with E-state index in [0.29, 0.717) is 0 Å². The number of rotatable bonds is 6. The molecule has 4 heteroatoms. The zero-order valence-electron chi connectivity index (χ0n) is 15.3. The molecule has 1 aliphatic rings. The van der Waals surface area contributed by atoms with Gasteiger partial charge in [0, 0.05) is 29.2 Å². The molecule has 0 spiro atoms. The van der Waals surface area contributed by atoms with Crippen LogP contribution < -0.4 is 10.1 Å². The van der Waals surface area contributed by atoms with Crippen LogP contribution in [0, 0.1) is 20.8 Å². The normalized spacial score (nSPS) is 18.6. The summed E-state index contributed by atoms with van der Waals surface area (Å²) in [5.41, 5.74) is 6.63. The highest BCUT2D eigenvalue weighted by Gasteiger charge is 2.38. The Kier molecular flexibility index (Phi) is 5.09. The molecule has 2 aromatic rings. The molecule has 1 heterocycles. The molecule has 0 fully saturated rings. The molecule has 3 nitrogen and oxygen atoms in total. The van der Waals surface area contributed by atoms with Crippen LogP contribution in [-0.2, 0) is 17.0 Å². The maximum absolute atomic E-state index is 10.9. The first-order valence-electron chi connectivity index (χ1n) is 8.58. The first-order valence-corrected chi connectivity index (χ1v) is 9.74. The number of ether oxygens (including phenoxy) is 1. The summed E-state index contributed by atoms with van der Waals surface area (Å²) in [5, 5.41) is 2.87. The van der Waals surface area contributed by atoms with Crippen LogP contribution in [-0.4, -0.2) is 17.8 Å². The Morgan fingerprint density at radius 2 is 1.88 bits per heavy atom. The van der Waals surface area contributed by atoms with Crippen LogP contribution in [0.1, 0.15) is 34.7 Å². The van der Waals surface area contributed by atoms with E-state index in [-0.39, 0.29) is 5.60 Å². The molecule has 0 aromatic heterocycles. The minimum atomic E-state index is -0.205. The predicted molar refractivity (Wildman–Crippen MR) is 106 cm³/mol. The molecular weight excluding hydrogens is 330 g/mol. The Balaban J connectivity index is 1.76. The van der Waals surface area contributed by atoms with Crippen LogP contribution in [0.15, 0.2) is 30.3 Å². The number of hydrogen-bond donors (Lipinski definition) is 1. The monoisotopic (exact) mass is 355 g/mol. The molecule has 1 amide bonds. The van der Waals surface area contributed by atoms with E-state index in [4.69, 9.17) is 4.74 Å². The van der Waals surface area contributed by atoms with Gasteiger partial charge in [-0.2, -0.15) is 11.8 Å². The Bertz CT molecular complexity index is 788. The molecule has 25 heavy (non-hydrogen) atoms. The molecule has 0 saturated carbocycles. The van der Waals surface area contributed by atoms with Crippen molar-refractivity contribution in [3.63, 3.8) is 0 Å². The molecule has 1 aliphatic heterocycles. The molecule has 132 valence electrons. The van der Waals surface area contributed by atoms with Crippen LogP contribution in [0.4, 0.5) is 5.69 Å². The SMILES string of the molecule is Cc1c(C)c2c(c(C)c1NC=O)CC(C)(CSCc1ccccc1)O2. The fourth-order valence-corrected chi connectivity index (χ4v) is 4.63. The predicted octanol–water partition coefficient (Wildman–Crippen LogP) is 4.81. The molecule has 1 unspecified atom stereocenters. The summed E-state index contributed by atoms with van der Waals surface area (Å²) in [6.45, 7) is 8.37. The number of amides is 1. The van der Waals surface area contributed by atoms with Gasteiger partial charge in [-0.15, -0.1) is 0 Å². The summed E-state index contributed by atoms with van der Waals surface area (Å²) in [6.07, 6.45) is 1.64. The third-order valence-electron chi connectivity index (χ3n) is 5.00. The quantitative estimate of drug-likeness (QED) is 0.756. The Labute approximate surface area is 154 Å². The van der Waals surface area contributed by atoms with E-state index in [1.807, 2.05) is 24.8 Å². The lowest BCUT2D eigenvalue weighted by Gasteiger charge is -2.24. The van der Waals surface area contributed by atoms with Crippen molar-refractivity contribution in [2.75, 3.05) is 11.1 Å². The van der Waals surface area contributed by atoms with Crippen LogP contribution in [0.2, 0.25) is 0 Å². The first kappa shape index (κ1) is 17.9. The second-order valence-electron chi connectivity index (χ2n) is 7.03. The van der Waals surface area contributed by atoms with Crippen molar-refractivity contribution in [3.05, 3.63) is 58.1 Å². The summed E-state index contributed by atoms with van der Waals surface area (Å²) in [6, 6.07) is 10.5. The zero-order chi connectivity index (χ0) is 18.0. The van der Waals surface area contributed by atoms with Crippen molar-refractivity contribution in [2.45, 2.75) is 45.5 Å². The fraction of sp³-hybridized carbons (Fsp3) is 0.381. The van der Waals surface area contributed by atoms with Gasteiger partial charge in [-0.05, 0) is 49.9 Å². The molecule has 0 saturated heterocycles. The van der Waals surface area contributed by atoms with Gasteiger partial charge >= 0.3 is 0 Å². The highest BCUT2D eigenvalue weighted by atomic mass is 32.2. The smallest absolute Gasteiger partial charge is 0.211 e. The average Bonchev–Trinajstić information content (AvgIpc) is 2.96. The highest BCUT2D eigenvalue weighted by Crippen LogP contribution is 2.45. The summed E-state index contributed by atoms with van der Waals surface area (Å²) in [4.78, 5) is 10.9. The number of carbonyl (C=O) groups excluding carboxylic acids is 1. The van der Waals surface area contributed by atoms with Gasteiger partial charge in [-0.1, -0.05) is 30.3 Å². The number of hydrogen-bond acceptors (Lipinski definition) is 3. The molecule has 0 bridgehead atoms. The summed E-state index contributed by atoms with van der Waals surface area (Å²) in [5.74, 6) is 2.94. The lowest BCUT2D eigenvalue weighted by Crippen LogP contribution is -2.33. The van der Waals surface area contributed by atoms with E-state index in [2.05, 4.69) is 50.4 Å². The number of carbonyl (C=O) groups is 1. The second-order valence-corrected chi connectivity index (χ2v) is 8.01. The topological polar surface area (TPSA) is 38.3 Å². The summed E-state index contributed by atoms with van der Waals surface area (Å²) in [7, 11) is 0. The van der Waals surface area contributed by atoms with E-state index >= 15 is 0 Å². The minimum Gasteiger partial charge on any atom is -0.486 e. The van der Waals surface area contributed by atoms with Crippen molar-refractivity contribution < 1.29 is 9.53 Å². The van der Waals surface area contributed by atoms with Crippen LogP contribution in [0.5, 0.6) is 5.75 Å². The number of anilines is 1. The second kappa shape index (κ2) is 7.12. The lowest BCUT2D eigenvalue weighted by atomic mass is 9.92. The summed E-state index contributed by atoms with van der Waals surface area (Å²) >= 11 is 1.91. The molecule has 3 rings (SSSR count). The van der Waals surface area contributed by atoms with Crippen molar-refractivity contribution in [1.29, 1.82) is 0 Å². The fourth-order valence-electron chi connectivity index (χ4n) is 3.51. The van der Waals surface area contributed by atoms with E-state index < -0.39 is 0 Å². The lowest BCUT2D eigenvalue weighted by molar-refractivity contribution is -0.105. The molecular formula is C21H25NO2S. The standard InChI is InChI=1S/C21H25NO2S/c1-14-15(2)20-18(16(3)19(14)22-13-23)10-21(4,24-20)12-25-11-17-8-6-5-7-9-17/h5-9,13H,10-12H2,1-4H3,(H,22,23). The Morgan fingerprint density at radius 3 is 2.56 bits per heavy atom. The van der Waals surface area contributed by atoms with Crippen molar-refractivity contribution in [3.8, 4) is 5.75 Å². The van der Waals surface area contributed by atoms with Gasteiger partial charge in [-0.3, -0.25) is 4.79 Å². The maximum atomic E-state index is 10.9. The first-order chi connectivity index (χ1) is 11.9. The van der Waals surface area contributed by atoms with Gasteiger partial charge in [0.25, 0.3) is 0 Å². The van der Waals surface area contributed by atoms with Gasteiger partial charge in [-0.25, -0.2) is 0 Å². The third kappa shape index (κ3) is 3.54. The number of thioether (sulfide) groups is 1. The number of fused-ring (bicyclic) bond motifs is 1. The van der Waals surface area contributed by atoms with Crippen molar-refractivity contribution in [2.24, 2.45) is 0 Å². The minimum absolute atomic E-state index is 0.205. The van der Waals surface area contributed by atoms with Crippen molar-refractivity contribution in [1.82, 2.24) is 0 Å². The highest BCUT2D eigenvalue weighted by molar-refractivity contribution is 7.98. The largest absolute Gasteiger partial charge is 0.486 e. The average molecular weight is 356 g/mol. The van der Waals surface area contributed by atoms with Gasteiger partial charge in [0.2, 0.25) is 6.41 Å². The van der Waals surface area contributed by atoms with Crippen LogP contribution in [0.3, 0.4) is 0 Å². The molecule has 0 radical (unpaired) electrons.